The zero-order chi connectivity index (χ0) is 17.3. The van der Waals surface area contributed by atoms with E-state index >= 15 is 0 Å². The first-order valence-electron chi connectivity index (χ1n) is 7.88. The van der Waals surface area contributed by atoms with Crippen molar-refractivity contribution in [2.24, 2.45) is 5.92 Å². The highest BCUT2D eigenvalue weighted by molar-refractivity contribution is 6.18. The Morgan fingerprint density at radius 1 is 1.25 bits per heavy atom. The van der Waals surface area contributed by atoms with Crippen LogP contribution in [0.3, 0.4) is 0 Å². The Bertz CT molecular complexity index is 681. The third-order valence-electron chi connectivity index (χ3n) is 3.83. The van der Waals surface area contributed by atoms with Crippen molar-refractivity contribution in [3.8, 4) is 0 Å². The molecule has 24 heavy (non-hydrogen) atoms. The van der Waals surface area contributed by atoms with Gasteiger partial charge in [-0.1, -0.05) is 6.07 Å². The van der Waals surface area contributed by atoms with Crippen LogP contribution in [0.25, 0.3) is 6.08 Å². The number of cyclic esters (lactones) is 2. The monoisotopic (exact) mass is 334 g/mol. The van der Waals surface area contributed by atoms with Gasteiger partial charge in [0.25, 0.3) is 5.79 Å². The third-order valence-corrected chi connectivity index (χ3v) is 3.83. The number of esters is 2. The summed E-state index contributed by atoms with van der Waals surface area (Å²) in [5, 5.41) is 0. The first kappa shape index (κ1) is 16.6. The van der Waals surface area contributed by atoms with E-state index in [1.165, 1.54) is 38.1 Å². The fraction of sp³-hybridized carbons (Fsp3) is 0.444. The van der Waals surface area contributed by atoms with Crippen molar-refractivity contribution in [3.05, 3.63) is 40.7 Å². The van der Waals surface area contributed by atoms with E-state index in [2.05, 4.69) is 0 Å². The summed E-state index contributed by atoms with van der Waals surface area (Å²) in [4.78, 5) is 24.0. The molecule has 0 amide bonds. The van der Waals surface area contributed by atoms with E-state index in [1.54, 1.807) is 0 Å². The fourth-order valence-corrected chi connectivity index (χ4v) is 2.39. The van der Waals surface area contributed by atoms with E-state index in [0.717, 1.165) is 12.8 Å². The summed E-state index contributed by atoms with van der Waals surface area (Å²) in [6.07, 6.45) is 3.68. The number of ether oxygens (including phenoxy) is 3. The van der Waals surface area contributed by atoms with Gasteiger partial charge >= 0.3 is 11.9 Å². The maximum absolute atomic E-state index is 13.5. The van der Waals surface area contributed by atoms with Crippen molar-refractivity contribution >= 4 is 18.0 Å². The van der Waals surface area contributed by atoms with Crippen LogP contribution in [0.2, 0.25) is 0 Å². The minimum absolute atomic E-state index is 0.211. The van der Waals surface area contributed by atoms with Gasteiger partial charge in [-0.3, -0.25) is 0 Å². The van der Waals surface area contributed by atoms with Gasteiger partial charge in [0.05, 0.1) is 6.61 Å². The molecule has 0 bridgehead atoms. The van der Waals surface area contributed by atoms with Crippen LogP contribution in [0.1, 0.15) is 37.8 Å². The second-order valence-corrected chi connectivity index (χ2v) is 6.54. The summed E-state index contributed by atoms with van der Waals surface area (Å²) in [6.45, 7) is 3.80. The van der Waals surface area contributed by atoms with Crippen molar-refractivity contribution in [3.63, 3.8) is 0 Å². The number of rotatable bonds is 5. The molecule has 0 unspecified atom stereocenters. The first-order valence-corrected chi connectivity index (χ1v) is 7.88. The summed E-state index contributed by atoms with van der Waals surface area (Å²) in [5.41, 5.74) is 0.869. The molecule has 6 heteroatoms. The fourth-order valence-electron chi connectivity index (χ4n) is 2.39. The molecule has 1 aliphatic heterocycles. The minimum Gasteiger partial charge on any atom is -0.419 e. The van der Waals surface area contributed by atoms with Gasteiger partial charge < -0.3 is 14.2 Å². The number of carbonyl (C=O) groups excluding carboxylic acids is 2. The second kappa shape index (κ2) is 6.36. The van der Waals surface area contributed by atoms with Crippen molar-refractivity contribution in [1.82, 2.24) is 0 Å². The minimum atomic E-state index is -1.29. The molecule has 2 fully saturated rings. The molecule has 1 heterocycles. The van der Waals surface area contributed by atoms with Crippen molar-refractivity contribution < 1.29 is 28.2 Å². The van der Waals surface area contributed by atoms with Gasteiger partial charge in [-0.05, 0) is 48.1 Å². The molecule has 0 N–H and O–H groups in total. The Morgan fingerprint density at radius 3 is 2.54 bits per heavy atom. The van der Waals surface area contributed by atoms with Crippen LogP contribution in [0.15, 0.2) is 23.8 Å². The lowest BCUT2D eigenvalue weighted by Crippen LogP contribution is -2.41. The quantitative estimate of drug-likeness (QED) is 0.471. The number of halogens is 1. The van der Waals surface area contributed by atoms with Gasteiger partial charge in [0, 0.05) is 20.5 Å². The van der Waals surface area contributed by atoms with Gasteiger partial charge in [-0.15, -0.1) is 0 Å². The Kier molecular flexibility index (Phi) is 4.41. The normalized spacial score (nSPS) is 19.7. The number of carbonyl (C=O) groups is 2. The van der Waals surface area contributed by atoms with Crippen LogP contribution in [0.4, 0.5) is 4.39 Å². The smallest absolute Gasteiger partial charge is 0.348 e. The average Bonchev–Trinajstić information content (AvgIpc) is 3.28. The molecule has 3 rings (SSSR count). The SMILES string of the molecule is CC1(C)OC(=O)C(=Cc2ccc(F)cc2COCC2CC2)C(=O)O1. The first-order chi connectivity index (χ1) is 11.3. The summed E-state index contributed by atoms with van der Waals surface area (Å²) < 4.78 is 29.2. The standard InChI is InChI=1S/C18H19FO5/c1-18(2)23-16(20)15(17(21)24-18)8-12-5-6-14(19)7-13(12)10-22-9-11-3-4-11/h5-8,11H,3-4,9-10H2,1-2H3. The molecule has 1 aliphatic carbocycles. The van der Waals surface area contributed by atoms with Crippen molar-refractivity contribution in [2.75, 3.05) is 6.61 Å². The van der Waals surface area contributed by atoms with E-state index in [9.17, 15) is 14.0 Å². The maximum atomic E-state index is 13.5. The van der Waals surface area contributed by atoms with E-state index in [4.69, 9.17) is 14.2 Å². The zero-order valence-electron chi connectivity index (χ0n) is 13.6. The molecule has 0 radical (unpaired) electrons. The molecule has 0 aromatic heterocycles. The molecule has 1 saturated heterocycles. The molecule has 0 atom stereocenters. The summed E-state index contributed by atoms with van der Waals surface area (Å²) >= 11 is 0. The third kappa shape index (κ3) is 4.00. The van der Waals surface area contributed by atoms with E-state index in [-0.39, 0.29) is 12.2 Å². The summed E-state index contributed by atoms with van der Waals surface area (Å²) in [7, 11) is 0. The zero-order valence-corrected chi connectivity index (χ0v) is 13.6. The lowest BCUT2D eigenvalue weighted by atomic mass is 10.0. The number of hydrogen-bond donors (Lipinski definition) is 0. The Labute approximate surface area is 139 Å². The summed E-state index contributed by atoms with van der Waals surface area (Å²) in [6, 6.07) is 4.10. The molecular formula is C18H19FO5. The predicted molar refractivity (Wildman–Crippen MR) is 83.0 cm³/mol. The Hall–Kier alpha value is -2.21. The van der Waals surface area contributed by atoms with Crippen LogP contribution < -0.4 is 0 Å². The number of hydrogen-bond acceptors (Lipinski definition) is 5. The molecule has 128 valence electrons. The van der Waals surface area contributed by atoms with Crippen LogP contribution in [-0.4, -0.2) is 24.3 Å². The maximum Gasteiger partial charge on any atom is 0.348 e. The Morgan fingerprint density at radius 2 is 1.92 bits per heavy atom. The highest BCUT2D eigenvalue weighted by Crippen LogP contribution is 2.29. The van der Waals surface area contributed by atoms with Gasteiger partial charge in [-0.25, -0.2) is 14.0 Å². The van der Waals surface area contributed by atoms with Crippen molar-refractivity contribution in [1.29, 1.82) is 0 Å². The molecule has 1 aromatic rings. The summed E-state index contributed by atoms with van der Waals surface area (Å²) in [5.74, 6) is -2.62. The number of benzene rings is 1. The second-order valence-electron chi connectivity index (χ2n) is 6.54. The topological polar surface area (TPSA) is 61.8 Å². The van der Waals surface area contributed by atoms with Gasteiger partial charge in [0.1, 0.15) is 11.4 Å². The molecule has 2 aliphatic rings. The molecule has 1 aromatic carbocycles. The predicted octanol–water partition coefficient (Wildman–Crippen LogP) is 2.97. The van der Waals surface area contributed by atoms with E-state index in [1.807, 2.05) is 0 Å². The van der Waals surface area contributed by atoms with Crippen LogP contribution in [0.5, 0.6) is 0 Å². The molecule has 1 saturated carbocycles. The molecule has 0 spiro atoms. The van der Waals surface area contributed by atoms with Gasteiger partial charge in [-0.2, -0.15) is 0 Å². The van der Waals surface area contributed by atoms with Gasteiger partial charge in [0.15, 0.2) is 0 Å². The van der Waals surface area contributed by atoms with Crippen LogP contribution in [-0.2, 0) is 30.4 Å². The highest BCUT2D eigenvalue weighted by atomic mass is 19.1. The van der Waals surface area contributed by atoms with E-state index in [0.29, 0.717) is 23.7 Å². The van der Waals surface area contributed by atoms with Crippen LogP contribution in [0, 0.1) is 11.7 Å². The lowest BCUT2D eigenvalue weighted by molar-refractivity contribution is -0.222. The molecular weight excluding hydrogens is 315 g/mol. The highest BCUT2D eigenvalue weighted by Gasteiger charge is 2.38. The average molecular weight is 334 g/mol. The van der Waals surface area contributed by atoms with Gasteiger partial charge in [0.2, 0.25) is 0 Å². The van der Waals surface area contributed by atoms with Crippen LogP contribution >= 0.6 is 0 Å². The largest absolute Gasteiger partial charge is 0.419 e. The van der Waals surface area contributed by atoms with E-state index < -0.39 is 23.5 Å². The Balaban J connectivity index is 1.82. The van der Waals surface area contributed by atoms with Crippen molar-refractivity contribution in [2.45, 2.75) is 39.1 Å². The lowest BCUT2D eigenvalue weighted by Gasteiger charge is -2.29. The molecule has 5 nitrogen and oxygen atoms in total.